The molecule has 1 unspecified atom stereocenters. The Balaban J connectivity index is 0.00000338. The van der Waals surface area contributed by atoms with Gasteiger partial charge in [-0.1, -0.05) is 42.5 Å². The molecule has 2 rings (SSSR count). The summed E-state index contributed by atoms with van der Waals surface area (Å²) in [5.74, 6) is -0.193. The summed E-state index contributed by atoms with van der Waals surface area (Å²) in [6, 6.07) is 12.3. The summed E-state index contributed by atoms with van der Waals surface area (Å²) in [7, 11) is 0. The van der Waals surface area contributed by atoms with Gasteiger partial charge in [-0.25, -0.2) is 9.18 Å². The van der Waals surface area contributed by atoms with Gasteiger partial charge >= 0.3 is 5.97 Å². The first-order chi connectivity index (χ1) is 11.9. The first-order valence-electron chi connectivity index (χ1n) is 8.28. The molecule has 4 nitrogen and oxygen atoms in total. The van der Waals surface area contributed by atoms with Crippen molar-refractivity contribution in [1.29, 1.82) is 0 Å². The van der Waals surface area contributed by atoms with E-state index in [1.807, 2.05) is 44.2 Å². The van der Waals surface area contributed by atoms with Crippen molar-refractivity contribution < 1.29 is 18.7 Å². The van der Waals surface area contributed by atoms with Crippen molar-refractivity contribution in [3.63, 3.8) is 0 Å². The normalized spacial score (nSPS) is 12.7. The molecule has 0 aromatic heterocycles. The van der Waals surface area contributed by atoms with E-state index in [1.165, 1.54) is 0 Å². The Hall–Kier alpha value is -2.11. The molecule has 0 aliphatic carbocycles. The van der Waals surface area contributed by atoms with Gasteiger partial charge in [0.25, 0.3) is 0 Å². The van der Waals surface area contributed by atoms with Crippen LogP contribution in [0.4, 0.5) is 4.39 Å². The summed E-state index contributed by atoms with van der Waals surface area (Å²) < 4.78 is 24.8. The van der Waals surface area contributed by atoms with Gasteiger partial charge in [0.05, 0.1) is 12.6 Å². The molecule has 0 radical (unpaired) electrons. The minimum absolute atomic E-state index is 0. The summed E-state index contributed by atoms with van der Waals surface area (Å²) in [6.07, 6.45) is -1.89. The maximum absolute atomic E-state index is 14.2. The van der Waals surface area contributed by atoms with Crippen LogP contribution < -0.4 is 10.5 Å². The van der Waals surface area contributed by atoms with Crippen molar-refractivity contribution in [3.05, 3.63) is 64.7 Å². The molecule has 2 N–H and O–H groups in total. The van der Waals surface area contributed by atoms with Crippen molar-refractivity contribution in [2.75, 3.05) is 6.61 Å². The average Bonchev–Trinajstić information content (AvgIpc) is 2.60. The molecule has 0 aliphatic heterocycles. The molecule has 26 heavy (non-hydrogen) atoms. The topological polar surface area (TPSA) is 61.5 Å². The Morgan fingerprint density at radius 2 is 1.73 bits per heavy atom. The van der Waals surface area contributed by atoms with Crippen LogP contribution >= 0.6 is 12.4 Å². The molecule has 6 heteroatoms. The molecule has 2 aromatic carbocycles. The number of hydrogen-bond acceptors (Lipinski definition) is 4. The molecular weight excluding hydrogens is 357 g/mol. The van der Waals surface area contributed by atoms with E-state index in [9.17, 15) is 9.18 Å². The lowest BCUT2D eigenvalue weighted by molar-refractivity contribution is -0.149. The zero-order valence-corrected chi connectivity index (χ0v) is 16.0. The second-order valence-corrected chi connectivity index (χ2v) is 5.94. The van der Waals surface area contributed by atoms with Crippen LogP contribution in [0, 0.1) is 13.8 Å². The van der Waals surface area contributed by atoms with Crippen LogP contribution in [-0.2, 0) is 16.1 Å². The van der Waals surface area contributed by atoms with Gasteiger partial charge in [0.15, 0.2) is 0 Å². The minimum atomic E-state index is -1.89. The molecule has 0 amide bonds. The van der Waals surface area contributed by atoms with E-state index in [4.69, 9.17) is 15.2 Å². The van der Waals surface area contributed by atoms with Gasteiger partial charge in [0, 0.05) is 0 Å². The third-order valence-electron chi connectivity index (χ3n) is 3.92. The number of halogens is 2. The highest BCUT2D eigenvalue weighted by Gasteiger charge is 2.28. The third kappa shape index (κ3) is 5.44. The number of nitrogens with two attached hydrogens (primary N) is 1. The van der Waals surface area contributed by atoms with Crippen molar-refractivity contribution >= 4 is 18.4 Å². The number of carbonyl (C=O) groups is 1. The molecule has 0 heterocycles. The van der Waals surface area contributed by atoms with Crippen molar-refractivity contribution in [3.8, 4) is 5.75 Å². The van der Waals surface area contributed by atoms with Crippen LogP contribution in [0.5, 0.6) is 5.75 Å². The molecule has 0 spiro atoms. The zero-order valence-electron chi connectivity index (χ0n) is 15.2. The second kappa shape index (κ2) is 10.1. The molecule has 0 fully saturated rings. The third-order valence-corrected chi connectivity index (χ3v) is 3.92. The smallest absolute Gasteiger partial charge is 0.342 e. The van der Waals surface area contributed by atoms with Crippen molar-refractivity contribution in [1.82, 2.24) is 0 Å². The Morgan fingerprint density at radius 3 is 2.27 bits per heavy atom. The Labute approximate surface area is 159 Å². The van der Waals surface area contributed by atoms with Gasteiger partial charge in [-0.3, -0.25) is 0 Å². The minimum Gasteiger partial charge on any atom is -0.488 e. The number of carbonyl (C=O) groups excluding carboxylic acids is 1. The highest BCUT2D eigenvalue weighted by molar-refractivity contribution is 5.85. The predicted molar refractivity (Wildman–Crippen MR) is 102 cm³/mol. The maximum atomic E-state index is 14.2. The van der Waals surface area contributed by atoms with E-state index in [1.54, 1.807) is 19.1 Å². The average molecular weight is 382 g/mol. The number of benzene rings is 2. The largest absolute Gasteiger partial charge is 0.488 e. The first kappa shape index (κ1) is 21.9. The zero-order chi connectivity index (χ0) is 18.4. The Bertz CT molecular complexity index is 701. The van der Waals surface area contributed by atoms with Gasteiger partial charge in [-0.15, -0.1) is 12.4 Å². The first-order valence-corrected chi connectivity index (χ1v) is 8.28. The highest BCUT2D eigenvalue weighted by atomic mass is 35.5. The fraction of sp³-hybridized carbons (Fsp3) is 0.350. The number of hydrogen-bond donors (Lipinski definition) is 1. The molecule has 0 aliphatic rings. The molecule has 0 saturated heterocycles. The SMILES string of the molecule is CCOC(=O)C(F)[C@H](N)c1cc(C)c(OCc2ccccc2)c(C)c1.Cl. The van der Waals surface area contributed by atoms with E-state index >= 15 is 0 Å². The maximum Gasteiger partial charge on any atom is 0.342 e. The van der Waals surface area contributed by atoms with Crippen LogP contribution in [0.3, 0.4) is 0 Å². The van der Waals surface area contributed by atoms with Gasteiger partial charge in [-0.05, 0) is 43.0 Å². The molecular formula is C20H25ClFNO3. The van der Waals surface area contributed by atoms with Gasteiger partial charge in [0.2, 0.25) is 6.17 Å². The lowest BCUT2D eigenvalue weighted by Gasteiger charge is -2.19. The quantitative estimate of drug-likeness (QED) is 0.730. The number of rotatable bonds is 7. The van der Waals surface area contributed by atoms with E-state index in [2.05, 4.69) is 0 Å². The van der Waals surface area contributed by atoms with Gasteiger partial charge in [0.1, 0.15) is 12.4 Å². The van der Waals surface area contributed by atoms with Crippen LogP contribution in [0.2, 0.25) is 0 Å². The van der Waals surface area contributed by atoms with E-state index in [0.29, 0.717) is 12.2 Å². The van der Waals surface area contributed by atoms with Crippen LogP contribution in [0.1, 0.15) is 35.2 Å². The molecule has 2 aromatic rings. The van der Waals surface area contributed by atoms with E-state index < -0.39 is 18.2 Å². The highest BCUT2D eigenvalue weighted by Crippen LogP contribution is 2.29. The number of esters is 1. The summed E-state index contributed by atoms with van der Waals surface area (Å²) in [5, 5.41) is 0. The summed E-state index contributed by atoms with van der Waals surface area (Å²) in [6.45, 7) is 5.95. The van der Waals surface area contributed by atoms with Crippen molar-refractivity contribution in [2.24, 2.45) is 5.73 Å². The predicted octanol–water partition coefficient (Wildman–Crippen LogP) is 4.21. The van der Waals surface area contributed by atoms with Crippen LogP contribution in [0.15, 0.2) is 42.5 Å². The molecule has 0 bridgehead atoms. The standard InChI is InChI=1S/C20H24FNO3.ClH/c1-4-24-20(23)17(21)18(22)16-10-13(2)19(14(3)11-16)25-12-15-8-6-5-7-9-15;/h5-11,17-18H,4,12,22H2,1-3H3;1H/t17?,18-;/m1./s1. The second-order valence-electron chi connectivity index (χ2n) is 5.94. The van der Waals surface area contributed by atoms with Gasteiger partial charge < -0.3 is 15.2 Å². The monoisotopic (exact) mass is 381 g/mol. The summed E-state index contributed by atoms with van der Waals surface area (Å²) in [5.41, 5.74) is 9.20. The van der Waals surface area contributed by atoms with Crippen molar-refractivity contribution in [2.45, 2.75) is 39.6 Å². The van der Waals surface area contributed by atoms with Crippen LogP contribution in [-0.4, -0.2) is 18.7 Å². The number of aryl methyl sites for hydroxylation is 2. The Kier molecular flexibility index (Phi) is 8.55. The summed E-state index contributed by atoms with van der Waals surface area (Å²) >= 11 is 0. The summed E-state index contributed by atoms with van der Waals surface area (Å²) in [4.78, 5) is 11.6. The lowest BCUT2D eigenvalue weighted by atomic mass is 9.98. The fourth-order valence-corrected chi connectivity index (χ4v) is 2.67. The number of ether oxygens (including phenoxy) is 2. The lowest BCUT2D eigenvalue weighted by Crippen LogP contribution is -2.31. The molecule has 0 saturated carbocycles. The van der Waals surface area contributed by atoms with Gasteiger partial charge in [-0.2, -0.15) is 0 Å². The van der Waals surface area contributed by atoms with E-state index in [0.717, 1.165) is 22.4 Å². The molecule has 2 atom stereocenters. The molecule has 142 valence electrons. The Morgan fingerprint density at radius 1 is 1.15 bits per heavy atom. The van der Waals surface area contributed by atoms with Crippen LogP contribution in [0.25, 0.3) is 0 Å². The van der Waals surface area contributed by atoms with E-state index in [-0.39, 0.29) is 19.0 Å². The fourth-order valence-electron chi connectivity index (χ4n) is 2.67. The number of alkyl halides is 1.